The van der Waals surface area contributed by atoms with Crippen LogP contribution in [0.3, 0.4) is 0 Å². The largest absolute Gasteiger partial charge is 0.293 e. The lowest BCUT2D eigenvalue weighted by molar-refractivity contribution is -0.116. The molecule has 15 heavy (non-hydrogen) atoms. The predicted molar refractivity (Wildman–Crippen MR) is 60.4 cm³/mol. The van der Waals surface area contributed by atoms with E-state index in [2.05, 4.69) is 6.08 Å². The van der Waals surface area contributed by atoms with Gasteiger partial charge in [-0.05, 0) is 25.5 Å². The first-order valence-corrected chi connectivity index (χ1v) is 5.06. The number of carbonyl (C=O) groups excluding carboxylic acids is 1. The molecule has 0 N–H and O–H groups in total. The highest BCUT2D eigenvalue weighted by Gasteiger charge is 2.24. The van der Waals surface area contributed by atoms with E-state index in [1.165, 1.54) is 0 Å². The molecule has 0 bridgehead atoms. The van der Waals surface area contributed by atoms with Gasteiger partial charge in [0.2, 0.25) is 0 Å². The second kappa shape index (κ2) is 3.85. The van der Waals surface area contributed by atoms with Crippen molar-refractivity contribution >= 4 is 5.78 Å². The summed E-state index contributed by atoms with van der Waals surface area (Å²) in [5, 5.41) is 0. The third-order valence-electron chi connectivity index (χ3n) is 2.88. The van der Waals surface area contributed by atoms with Crippen LogP contribution < -0.4 is 0 Å². The minimum absolute atomic E-state index is 0.0595. The quantitative estimate of drug-likeness (QED) is 0.676. The normalized spacial score (nSPS) is 20.9. The Morgan fingerprint density at radius 2 is 1.80 bits per heavy atom. The highest BCUT2D eigenvalue weighted by atomic mass is 16.1. The lowest BCUT2D eigenvalue weighted by atomic mass is 9.82. The van der Waals surface area contributed by atoms with Crippen molar-refractivity contribution in [3.8, 4) is 0 Å². The van der Waals surface area contributed by atoms with Gasteiger partial charge in [0, 0.05) is 6.08 Å². The van der Waals surface area contributed by atoms with E-state index in [0.717, 1.165) is 16.7 Å². The van der Waals surface area contributed by atoms with Gasteiger partial charge in [-0.2, -0.15) is 0 Å². The van der Waals surface area contributed by atoms with Crippen molar-refractivity contribution in [1.29, 1.82) is 0 Å². The van der Waals surface area contributed by atoms with Crippen molar-refractivity contribution < 1.29 is 4.79 Å². The Balaban J connectivity index is 2.46. The molecule has 1 atom stereocenters. The van der Waals surface area contributed by atoms with Crippen molar-refractivity contribution in [2.24, 2.45) is 0 Å². The summed E-state index contributed by atoms with van der Waals surface area (Å²) in [7, 11) is 0. The van der Waals surface area contributed by atoms with Crippen LogP contribution in [-0.4, -0.2) is 5.78 Å². The second-order valence-corrected chi connectivity index (χ2v) is 3.86. The van der Waals surface area contributed by atoms with Gasteiger partial charge in [-0.3, -0.25) is 4.79 Å². The van der Waals surface area contributed by atoms with E-state index in [-0.39, 0.29) is 11.7 Å². The Morgan fingerprint density at radius 1 is 1.13 bits per heavy atom. The summed E-state index contributed by atoms with van der Waals surface area (Å²) in [6.07, 6.45) is 4.56. The van der Waals surface area contributed by atoms with Gasteiger partial charge in [-0.15, -0.1) is 0 Å². The number of benzene rings is 1. The van der Waals surface area contributed by atoms with Gasteiger partial charge in [0.15, 0.2) is 5.78 Å². The van der Waals surface area contributed by atoms with E-state index in [0.29, 0.717) is 0 Å². The molecule has 0 heterocycles. The molecule has 1 radical (unpaired) electrons. The zero-order valence-electron chi connectivity index (χ0n) is 8.95. The molecule has 1 aliphatic carbocycles. The summed E-state index contributed by atoms with van der Waals surface area (Å²) in [6, 6.07) is 9.87. The number of Topliss-reactive ketones (excluding diaryl/α,β-unsaturated/α-hetero) is 1. The average molecular weight is 197 g/mol. The summed E-state index contributed by atoms with van der Waals surface area (Å²) in [6.45, 7) is 4.03. The molecule has 2 rings (SSSR count). The fraction of sp³-hybridized carbons (Fsp3) is 0.214. The van der Waals surface area contributed by atoms with E-state index in [9.17, 15) is 4.79 Å². The smallest absolute Gasteiger partial charge is 0.175 e. The van der Waals surface area contributed by atoms with Crippen molar-refractivity contribution in [2.45, 2.75) is 19.8 Å². The van der Waals surface area contributed by atoms with Crippen LogP contribution in [0.2, 0.25) is 0 Å². The molecule has 0 aromatic heterocycles. The van der Waals surface area contributed by atoms with Gasteiger partial charge < -0.3 is 0 Å². The topological polar surface area (TPSA) is 17.1 Å². The maximum absolute atomic E-state index is 11.8. The van der Waals surface area contributed by atoms with Crippen LogP contribution in [0.5, 0.6) is 0 Å². The highest BCUT2D eigenvalue weighted by Crippen LogP contribution is 2.30. The molecule has 1 aliphatic rings. The van der Waals surface area contributed by atoms with Gasteiger partial charge in [-0.25, -0.2) is 0 Å². The van der Waals surface area contributed by atoms with Crippen LogP contribution in [0.15, 0.2) is 47.6 Å². The van der Waals surface area contributed by atoms with Gasteiger partial charge in [0.25, 0.3) is 0 Å². The van der Waals surface area contributed by atoms with Crippen molar-refractivity contribution in [3.05, 3.63) is 59.2 Å². The monoisotopic (exact) mass is 197 g/mol. The summed E-state index contributed by atoms with van der Waals surface area (Å²) in [5.74, 6) is -0.0690. The van der Waals surface area contributed by atoms with E-state index >= 15 is 0 Å². The van der Waals surface area contributed by atoms with Crippen LogP contribution >= 0.6 is 0 Å². The molecule has 1 unspecified atom stereocenters. The Kier molecular flexibility index (Phi) is 2.55. The lowest BCUT2D eigenvalue weighted by Crippen LogP contribution is -2.15. The van der Waals surface area contributed by atoms with Crippen molar-refractivity contribution in [1.82, 2.24) is 0 Å². The third-order valence-corrected chi connectivity index (χ3v) is 2.88. The maximum atomic E-state index is 11.8. The zero-order valence-corrected chi connectivity index (χ0v) is 8.95. The first-order valence-electron chi connectivity index (χ1n) is 5.06. The lowest BCUT2D eigenvalue weighted by Gasteiger charge is -2.20. The van der Waals surface area contributed by atoms with Gasteiger partial charge in [0.1, 0.15) is 0 Å². The van der Waals surface area contributed by atoms with E-state index in [1.807, 2.05) is 44.2 Å². The van der Waals surface area contributed by atoms with Crippen LogP contribution in [0, 0.1) is 6.08 Å². The van der Waals surface area contributed by atoms with Crippen LogP contribution in [-0.2, 0) is 4.79 Å². The fourth-order valence-electron chi connectivity index (χ4n) is 1.85. The first-order chi connectivity index (χ1) is 7.20. The second-order valence-electron chi connectivity index (χ2n) is 3.86. The van der Waals surface area contributed by atoms with Crippen LogP contribution in [0.4, 0.5) is 0 Å². The minimum Gasteiger partial charge on any atom is -0.293 e. The molecule has 0 fully saturated rings. The molecule has 1 nitrogen and oxygen atoms in total. The number of ketones is 1. The molecule has 0 amide bonds. The molecule has 0 saturated carbocycles. The van der Waals surface area contributed by atoms with E-state index < -0.39 is 0 Å². The zero-order chi connectivity index (χ0) is 10.8. The number of hydrogen-bond donors (Lipinski definition) is 0. The summed E-state index contributed by atoms with van der Waals surface area (Å²) >= 11 is 0. The molecule has 1 aromatic rings. The molecule has 75 valence electrons. The Morgan fingerprint density at radius 3 is 2.47 bits per heavy atom. The predicted octanol–water partition coefficient (Wildman–Crippen LogP) is 3.05. The summed E-state index contributed by atoms with van der Waals surface area (Å²) in [4.78, 5) is 11.8. The molecule has 0 aliphatic heterocycles. The highest BCUT2D eigenvalue weighted by molar-refractivity contribution is 5.96. The van der Waals surface area contributed by atoms with E-state index in [1.54, 1.807) is 6.08 Å². The maximum Gasteiger partial charge on any atom is 0.175 e. The average Bonchev–Trinajstić information content (AvgIpc) is 2.26. The third kappa shape index (κ3) is 1.78. The number of rotatable bonds is 1. The van der Waals surface area contributed by atoms with Crippen molar-refractivity contribution in [3.63, 3.8) is 0 Å². The molecular weight excluding hydrogens is 184 g/mol. The number of hydrogen-bond acceptors (Lipinski definition) is 1. The van der Waals surface area contributed by atoms with Gasteiger partial charge >= 0.3 is 0 Å². The summed E-state index contributed by atoms with van der Waals surface area (Å²) < 4.78 is 0. The Hall–Kier alpha value is -1.63. The molecule has 0 spiro atoms. The van der Waals surface area contributed by atoms with Gasteiger partial charge in [-0.1, -0.05) is 41.5 Å². The summed E-state index contributed by atoms with van der Waals surface area (Å²) in [5.41, 5.74) is 3.33. The Bertz CT molecular complexity index is 438. The number of allylic oxidation sites excluding steroid dienone is 4. The fourth-order valence-corrected chi connectivity index (χ4v) is 1.85. The van der Waals surface area contributed by atoms with Crippen LogP contribution in [0.1, 0.15) is 25.3 Å². The van der Waals surface area contributed by atoms with E-state index in [4.69, 9.17) is 0 Å². The SMILES string of the molecule is CC1=C(C)C(c2ccccc2)C(=O)[C]=C1. The standard InChI is InChI=1S/C14H13O/c1-10-8-9-13(15)14(11(10)2)12-6-4-3-5-7-12/h3-8,14H,1-2H3. The molecule has 1 aromatic carbocycles. The minimum atomic E-state index is -0.129. The first kappa shape index (κ1) is 9.91. The van der Waals surface area contributed by atoms with Gasteiger partial charge in [0.05, 0.1) is 5.92 Å². The Labute approximate surface area is 90.1 Å². The molecule has 1 heteroatoms. The van der Waals surface area contributed by atoms with Crippen molar-refractivity contribution in [2.75, 3.05) is 0 Å². The molecule has 0 saturated heterocycles. The number of carbonyl (C=O) groups is 1. The molecular formula is C14H13O. The van der Waals surface area contributed by atoms with Crippen LogP contribution in [0.25, 0.3) is 0 Å².